The number of hydrogen-bond acceptors (Lipinski definition) is 3. The maximum absolute atomic E-state index is 10.6. The fourth-order valence-electron chi connectivity index (χ4n) is 2.83. The van der Waals surface area contributed by atoms with E-state index in [1.165, 1.54) is 19.3 Å². The van der Waals surface area contributed by atoms with Crippen LogP contribution >= 0.6 is 0 Å². The van der Waals surface area contributed by atoms with Gasteiger partial charge in [-0.15, -0.1) is 0 Å². The highest BCUT2D eigenvalue weighted by atomic mass is 16.5. The van der Waals surface area contributed by atoms with Crippen molar-refractivity contribution in [2.45, 2.75) is 45.6 Å². The van der Waals surface area contributed by atoms with Crippen LogP contribution in [0.2, 0.25) is 0 Å². The van der Waals surface area contributed by atoms with Gasteiger partial charge in [0.25, 0.3) is 0 Å². The fraction of sp³-hybridized carbons (Fsp3) is 0.588. The molecule has 3 N–H and O–H groups in total. The summed E-state index contributed by atoms with van der Waals surface area (Å²) in [4.78, 5) is 10.6. The van der Waals surface area contributed by atoms with Crippen molar-refractivity contribution in [1.29, 1.82) is 0 Å². The Hall–Kier alpha value is -1.71. The molecular weight excluding hydrogens is 264 g/mol. The molecule has 1 fully saturated rings. The molecule has 1 amide bonds. The molecule has 3 unspecified atom stereocenters. The lowest BCUT2D eigenvalue weighted by Crippen LogP contribution is -2.30. The van der Waals surface area contributed by atoms with E-state index in [1.807, 2.05) is 24.3 Å². The minimum Gasteiger partial charge on any atom is -0.493 e. The van der Waals surface area contributed by atoms with Crippen LogP contribution in [0.3, 0.4) is 0 Å². The van der Waals surface area contributed by atoms with Crippen LogP contribution in [0.15, 0.2) is 24.3 Å². The second-order valence-corrected chi connectivity index (χ2v) is 6.20. The molecule has 0 aliphatic heterocycles. The van der Waals surface area contributed by atoms with Gasteiger partial charge >= 0.3 is 0 Å². The highest BCUT2D eigenvalue weighted by Gasteiger charge is 2.24. The molecule has 0 spiro atoms. The van der Waals surface area contributed by atoms with Crippen molar-refractivity contribution in [3.63, 3.8) is 0 Å². The number of anilines is 1. The fourth-order valence-corrected chi connectivity index (χ4v) is 2.83. The molecular formula is C17H26N2O2. The third-order valence-corrected chi connectivity index (χ3v) is 4.44. The van der Waals surface area contributed by atoms with Gasteiger partial charge < -0.3 is 15.8 Å². The first kappa shape index (κ1) is 15.7. The molecule has 4 nitrogen and oxygen atoms in total. The van der Waals surface area contributed by atoms with Crippen LogP contribution in [-0.4, -0.2) is 18.6 Å². The molecule has 1 aromatic carbocycles. The summed E-state index contributed by atoms with van der Waals surface area (Å²) in [6.07, 6.45) is 4.02. The molecule has 0 aromatic heterocycles. The number of nitrogens with two attached hydrogens (primary N) is 1. The van der Waals surface area contributed by atoms with Gasteiger partial charge in [-0.1, -0.05) is 13.8 Å². The third-order valence-electron chi connectivity index (χ3n) is 4.44. The Morgan fingerprint density at radius 3 is 2.57 bits per heavy atom. The van der Waals surface area contributed by atoms with E-state index in [0.29, 0.717) is 12.6 Å². The van der Waals surface area contributed by atoms with Crippen LogP contribution in [0.1, 0.15) is 39.5 Å². The van der Waals surface area contributed by atoms with E-state index in [4.69, 9.17) is 10.5 Å². The first-order valence-electron chi connectivity index (χ1n) is 7.82. The number of carbonyl (C=O) groups excluding carboxylic acids is 1. The standard InChI is InChI=1S/C17H26N2O2/c1-12-3-4-15(11-13(12)2)19-14-5-7-16(8-6-14)21-10-9-17(18)20/h5-8,12-13,15,19H,3-4,9-11H2,1-2H3,(H2,18,20). The van der Waals surface area contributed by atoms with Gasteiger partial charge in [0.15, 0.2) is 0 Å². The molecule has 0 bridgehead atoms. The lowest BCUT2D eigenvalue weighted by molar-refractivity contribution is -0.118. The Kier molecular flexibility index (Phi) is 5.48. The van der Waals surface area contributed by atoms with Gasteiger partial charge in [-0.3, -0.25) is 4.79 Å². The lowest BCUT2D eigenvalue weighted by Gasteiger charge is -2.33. The van der Waals surface area contributed by atoms with E-state index in [2.05, 4.69) is 19.2 Å². The number of hydrogen-bond donors (Lipinski definition) is 2. The van der Waals surface area contributed by atoms with E-state index in [9.17, 15) is 4.79 Å². The van der Waals surface area contributed by atoms with Crippen molar-refractivity contribution in [2.24, 2.45) is 17.6 Å². The van der Waals surface area contributed by atoms with Crippen molar-refractivity contribution >= 4 is 11.6 Å². The Balaban J connectivity index is 1.81. The van der Waals surface area contributed by atoms with E-state index in [-0.39, 0.29) is 12.3 Å². The van der Waals surface area contributed by atoms with Crippen LogP contribution in [0.5, 0.6) is 5.75 Å². The summed E-state index contributed by atoms with van der Waals surface area (Å²) in [5.74, 6) is 2.05. The quantitative estimate of drug-likeness (QED) is 0.845. The zero-order chi connectivity index (χ0) is 15.2. The first-order chi connectivity index (χ1) is 10.0. The molecule has 4 heteroatoms. The van der Waals surface area contributed by atoms with E-state index >= 15 is 0 Å². The molecule has 2 rings (SSSR count). The molecule has 0 heterocycles. The molecule has 1 aliphatic rings. The number of amides is 1. The summed E-state index contributed by atoms with van der Waals surface area (Å²) in [5.41, 5.74) is 6.21. The highest BCUT2D eigenvalue weighted by molar-refractivity contribution is 5.73. The summed E-state index contributed by atoms with van der Waals surface area (Å²) in [6, 6.07) is 8.49. The molecule has 21 heavy (non-hydrogen) atoms. The lowest BCUT2D eigenvalue weighted by atomic mass is 9.79. The Morgan fingerprint density at radius 2 is 1.95 bits per heavy atom. The minimum absolute atomic E-state index is 0.248. The van der Waals surface area contributed by atoms with Crippen molar-refractivity contribution in [1.82, 2.24) is 0 Å². The normalized spacial score (nSPS) is 25.3. The molecule has 1 aliphatic carbocycles. The second-order valence-electron chi connectivity index (χ2n) is 6.20. The average Bonchev–Trinajstić information content (AvgIpc) is 2.44. The molecule has 116 valence electrons. The largest absolute Gasteiger partial charge is 0.493 e. The second kappa shape index (κ2) is 7.34. The number of ether oxygens (including phenoxy) is 1. The maximum atomic E-state index is 10.6. The summed E-state index contributed by atoms with van der Waals surface area (Å²) in [7, 11) is 0. The van der Waals surface area contributed by atoms with Crippen molar-refractivity contribution in [2.75, 3.05) is 11.9 Å². The highest BCUT2D eigenvalue weighted by Crippen LogP contribution is 2.31. The predicted octanol–water partition coefficient (Wildman–Crippen LogP) is 3.18. The SMILES string of the molecule is CC1CCC(Nc2ccc(OCCC(N)=O)cc2)CC1C. The number of rotatable bonds is 6. The number of nitrogens with one attached hydrogen (secondary N) is 1. The number of primary amides is 1. The van der Waals surface area contributed by atoms with Crippen LogP contribution in [0.4, 0.5) is 5.69 Å². The molecule has 1 saturated carbocycles. The average molecular weight is 290 g/mol. The van der Waals surface area contributed by atoms with Crippen LogP contribution in [0.25, 0.3) is 0 Å². The Morgan fingerprint density at radius 1 is 1.24 bits per heavy atom. The monoisotopic (exact) mass is 290 g/mol. The summed E-state index contributed by atoms with van der Waals surface area (Å²) in [6.45, 7) is 5.02. The minimum atomic E-state index is -0.339. The van der Waals surface area contributed by atoms with Gasteiger partial charge in [0.2, 0.25) is 5.91 Å². The zero-order valence-corrected chi connectivity index (χ0v) is 13.0. The maximum Gasteiger partial charge on any atom is 0.220 e. The third kappa shape index (κ3) is 4.96. The van der Waals surface area contributed by atoms with Gasteiger partial charge in [0.05, 0.1) is 13.0 Å². The van der Waals surface area contributed by atoms with Crippen LogP contribution in [0, 0.1) is 11.8 Å². The number of carbonyl (C=O) groups is 1. The summed E-state index contributed by atoms with van der Waals surface area (Å²) in [5, 5.41) is 3.60. The molecule has 0 saturated heterocycles. The Bertz CT molecular complexity index is 458. The molecule has 3 atom stereocenters. The van der Waals surface area contributed by atoms with Crippen molar-refractivity contribution in [3.05, 3.63) is 24.3 Å². The summed E-state index contributed by atoms with van der Waals surface area (Å²) < 4.78 is 5.46. The van der Waals surface area contributed by atoms with Gasteiger partial charge in [-0.05, 0) is 55.4 Å². The van der Waals surface area contributed by atoms with Crippen LogP contribution < -0.4 is 15.8 Å². The van der Waals surface area contributed by atoms with Gasteiger partial charge in [0.1, 0.15) is 5.75 Å². The number of benzene rings is 1. The van der Waals surface area contributed by atoms with Crippen LogP contribution in [-0.2, 0) is 4.79 Å². The van der Waals surface area contributed by atoms with Gasteiger partial charge in [0, 0.05) is 11.7 Å². The van der Waals surface area contributed by atoms with E-state index in [0.717, 1.165) is 23.3 Å². The first-order valence-corrected chi connectivity index (χ1v) is 7.82. The molecule has 0 radical (unpaired) electrons. The zero-order valence-electron chi connectivity index (χ0n) is 13.0. The van der Waals surface area contributed by atoms with Crippen molar-refractivity contribution in [3.8, 4) is 5.75 Å². The molecule has 1 aromatic rings. The van der Waals surface area contributed by atoms with Crippen molar-refractivity contribution < 1.29 is 9.53 Å². The van der Waals surface area contributed by atoms with E-state index in [1.54, 1.807) is 0 Å². The smallest absolute Gasteiger partial charge is 0.220 e. The van der Waals surface area contributed by atoms with E-state index < -0.39 is 0 Å². The topological polar surface area (TPSA) is 64.3 Å². The summed E-state index contributed by atoms with van der Waals surface area (Å²) >= 11 is 0. The Labute approximate surface area is 127 Å². The van der Waals surface area contributed by atoms with Gasteiger partial charge in [-0.2, -0.15) is 0 Å². The van der Waals surface area contributed by atoms with Gasteiger partial charge in [-0.25, -0.2) is 0 Å². The predicted molar refractivity (Wildman–Crippen MR) is 85.3 cm³/mol.